The van der Waals surface area contributed by atoms with Gasteiger partial charge in [-0.15, -0.1) is 0 Å². The molecule has 0 aliphatic carbocycles. The van der Waals surface area contributed by atoms with Gasteiger partial charge in [0.2, 0.25) is 0 Å². The predicted molar refractivity (Wildman–Crippen MR) is 71.0 cm³/mol. The van der Waals surface area contributed by atoms with Crippen molar-refractivity contribution in [3.63, 3.8) is 0 Å². The maximum atomic E-state index is 11.8. The summed E-state index contributed by atoms with van der Waals surface area (Å²) in [5.74, 6) is 0.0670. The van der Waals surface area contributed by atoms with E-state index in [9.17, 15) is 14.4 Å². The molecule has 104 valence electrons. The zero-order chi connectivity index (χ0) is 14.0. The third-order valence-corrected chi connectivity index (χ3v) is 3.75. The van der Waals surface area contributed by atoms with Crippen LogP contribution in [0.4, 0.5) is 0 Å². The van der Waals surface area contributed by atoms with E-state index in [-0.39, 0.29) is 17.2 Å². The fraction of sp³-hybridized carbons (Fsp3) is 0.615. The molecule has 1 saturated heterocycles. The van der Waals surface area contributed by atoms with Crippen molar-refractivity contribution in [1.29, 1.82) is 0 Å². The Balaban J connectivity index is 2.22. The molecule has 0 spiro atoms. The third kappa shape index (κ3) is 2.84. The van der Waals surface area contributed by atoms with E-state index >= 15 is 0 Å². The molecule has 0 bridgehead atoms. The molecular formula is C13H19N3O3. The maximum Gasteiger partial charge on any atom is 0.330 e. The van der Waals surface area contributed by atoms with E-state index in [0.29, 0.717) is 18.8 Å². The third-order valence-electron chi connectivity index (χ3n) is 3.75. The number of aromatic nitrogens is 2. The molecular weight excluding hydrogens is 246 g/mol. The number of likely N-dealkylation sites (tertiary alicyclic amines) is 1. The zero-order valence-electron chi connectivity index (χ0n) is 11.3. The lowest BCUT2D eigenvalue weighted by molar-refractivity contribution is -0.112. The first kappa shape index (κ1) is 13.7. The highest BCUT2D eigenvalue weighted by Gasteiger charge is 2.20. The van der Waals surface area contributed by atoms with Crippen LogP contribution in [0.2, 0.25) is 0 Å². The minimum Gasteiger partial charge on any atom is -0.303 e. The van der Waals surface area contributed by atoms with Gasteiger partial charge in [0.15, 0.2) is 0 Å². The Hall–Kier alpha value is -1.69. The number of piperidine rings is 1. The van der Waals surface area contributed by atoms with Gasteiger partial charge in [0.05, 0.1) is 0 Å². The fourth-order valence-electron chi connectivity index (χ4n) is 2.51. The zero-order valence-corrected chi connectivity index (χ0v) is 11.3. The van der Waals surface area contributed by atoms with Crippen LogP contribution in [-0.2, 0) is 25.4 Å². The average molecular weight is 265 g/mol. The molecule has 1 aliphatic heterocycles. The predicted octanol–water partition coefficient (Wildman–Crippen LogP) is -0.505. The van der Waals surface area contributed by atoms with Crippen molar-refractivity contribution in [2.45, 2.75) is 19.4 Å². The van der Waals surface area contributed by atoms with Crippen LogP contribution in [0.25, 0.3) is 0 Å². The first-order valence-electron chi connectivity index (χ1n) is 6.46. The number of carbonyl (C=O) groups is 1. The van der Waals surface area contributed by atoms with Gasteiger partial charge in [0.1, 0.15) is 6.29 Å². The smallest absolute Gasteiger partial charge is 0.303 e. The van der Waals surface area contributed by atoms with E-state index in [1.165, 1.54) is 17.7 Å². The Morgan fingerprint density at radius 3 is 2.74 bits per heavy atom. The average Bonchev–Trinajstić information content (AvgIpc) is 2.42. The van der Waals surface area contributed by atoms with Crippen molar-refractivity contribution in [1.82, 2.24) is 14.0 Å². The van der Waals surface area contributed by atoms with Crippen molar-refractivity contribution >= 4 is 6.29 Å². The first-order chi connectivity index (χ1) is 9.02. The Bertz CT molecular complexity index is 588. The summed E-state index contributed by atoms with van der Waals surface area (Å²) in [5, 5.41) is 0. The summed E-state index contributed by atoms with van der Waals surface area (Å²) >= 11 is 0. The van der Waals surface area contributed by atoms with Gasteiger partial charge in [0.25, 0.3) is 5.56 Å². The largest absolute Gasteiger partial charge is 0.330 e. The summed E-state index contributed by atoms with van der Waals surface area (Å²) < 4.78 is 2.58. The quantitative estimate of drug-likeness (QED) is 0.691. The number of aldehydes is 1. The SMILES string of the molecule is Cn1c(CN2CCCC(C=O)C2)cc(=O)n(C)c1=O. The van der Waals surface area contributed by atoms with Gasteiger partial charge in [0, 0.05) is 44.9 Å². The second-order valence-corrected chi connectivity index (χ2v) is 5.15. The highest BCUT2D eigenvalue weighted by Crippen LogP contribution is 2.15. The molecule has 1 fully saturated rings. The van der Waals surface area contributed by atoms with Crippen molar-refractivity contribution in [2.24, 2.45) is 20.0 Å². The van der Waals surface area contributed by atoms with E-state index in [4.69, 9.17) is 0 Å². The van der Waals surface area contributed by atoms with Crippen LogP contribution >= 0.6 is 0 Å². The van der Waals surface area contributed by atoms with E-state index in [1.54, 1.807) is 7.05 Å². The lowest BCUT2D eigenvalue weighted by atomic mass is 10.00. The lowest BCUT2D eigenvalue weighted by Gasteiger charge is -2.30. The molecule has 2 rings (SSSR count). The van der Waals surface area contributed by atoms with E-state index in [1.807, 2.05) is 0 Å². The molecule has 0 amide bonds. The minimum absolute atomic E-state index is 0.0670. The Morgan fingerprint density at radius 1 is 1.32 bits per heavy atom. The first-order valence-corrected chi connectivity index (χ1v) is 6.46. The number of hydrogen-bond donors (Lipinski definition) is 0. The van der Waals surface area contributed by atoms with E-state index in [0.717, 1.165) is 30.2 Å². The number of rotatable bonds is 3. The highest BCUT2D eigenvalue weighted by molar-refractivity contribution is 5.53. The van der Waals surface area contributed by atoms with Crippen molar-refractivity contribution in [2.75, 3.05) is 13.1 Å². The number of hydrogen-bond acceptors (Lipinski definition) is 4. The van der Waals surface area contributed by atoms with Gasteiger partial charge in [-0.1, -0.05) is 0 Å². The summed E-state index contributed by atoms with van der Waals surface area (Å²) in [6, 6.07) is 1.49. The highest BCUT2D eigenvalue weighted by atomic mass is 16.2. The molecule has 19 heavy (non-hydrogen) atoms. The second kappa shape index (κ2) is 5.52. The number of carbonyl (C=O) groups excluding carboxylic acids is 1. The minimum atomic E-state index is -0.313. The topological polar surface area (TPSA) is 64.3 Å². The Kier molecular flexibility index (Phi) is 3.99. The van der Waals surface area contributed by atoms with Crippen LogP contribution in [0.1, 0.15) is 18.5 Å². The van der Waals surface area contributed by atoms with Crippen LogP contribution in [0.15, 0.2) is 15.7 Å². The molecule has 0 saturated carbocycles. The molecule has 1 aromatic heterocycles. The van der Waals surface area contributed by atoms with E-state index in [2.05, 4.69) is 4.90 Å². The summed E-state index contributed by atoms with van der Waals surface area (Å²) in [6.07, 6.45) is 2.90. The van der Waals surface area contributed by atoms with Crippen LogP contribution in [0, 0.1) is 5.92 Å². The second-order valence-electron chi connectivity index (χ2n) is 5.15. The molecule has 1 aromatic rings. The molecule has 1 aliphatic rings. The van der Waals surface area contributed by atoms with Gasteiger partial charge >= 0.3 is 5.69 Å². The van der Waals surface area contributed by atoms with Crippen LogP contribution in [0.3, 0.4) is 0 Å². The molecule has 0 aromatic carbocycles. The van der Waals surface area contributed by atoms with Gasteiger partial charge < -0.3 is 4.79 Å². The normalized spacial score (nSPS) is 20.4. The van der Waals surface area contributed by atoms with Crippen LogP contribution < -0.4 is 11.2 Å². The van der Waals surface area contributed by atoms with Crippen molar-refractivity contribution in [3.05, 3.63) is 32.6 Å². The Morgan fingerprint density at radius 2 is 2.05 bits per heavy atom. The molecule has 2 heterocycles. The molecule has 6 nitrogen and oxygen atoms in total. The molecule has 1 atom stereocenters. The van der Waals surface area contributed by atoms with Gasteiger partial charge in [-0.2, -0.15) is 0 Å². The summed E-state index contributed by atoms with van der Waals surface area (Å²) in [5.41, 5.74) is 0.0909. The van der Waals surface area contributed by atoms with Gasteiger partial charge in [-0.3, -0.25) is 18.8 Å². The molecule has 6 heteroatoms. The summed E-state index contributed by atoms with van der Waals surface area (Å²) in [4.78, 5) is 36.4. The van der Waals surface area contributed by atoms with Crippen molar-refractivity contribution < 1.29 is 4.79 Å². The van der Waals surface area contributed by atoms with Crippen LogP contribution in [-0.4, -0.2) is 33.4 Å². The van der Waals surface area contributed by atoms with Crippen molar-refractivity contribution in [3.8, 4) is 0 Å². The lowest BCUT2D eigenvalue weighted by Crippen LogP contribution is -2.41. The van der Waals surface area contributed by atoms with Gasteiger partial charge in [-0.05, 0) is 19.4 Å². The van der Waals surface area contributed by atoms with Gasteiger partial charge in [-0.25, -0.2) is 4.79 Å². The Labute approximate surface area is 111 Å². The summed E-state index contributed by atoms with van der Waals surface area (Å²) in [7, 11) is 3.13. The number of nitrogens with zero attached hydrogens (tertiary/aromatic N) is 3. The molecule has 1 unspecified atom stereocenters. The molecule has 0 radical (unpaired) electrons. The maximum absolute atomic E-state index is 11.8. The fourth-order valence-corrected chi connectivity index (χ4v) is 2.51. The summed E-state index contributed by atoms with van der Waals surface area (Å²) in [6.45, 7) is 2.13. The molecule has 0 N–H and O–H groups in total. The van der Waals surface area contributed by atoms with E-state index < -0.39 is 0 Å². The van der Waals surface area contributed by atoms with Crippen LogP contribution in [0.5, 0.6) is 0 Å². The standard InChI is InChI=1S/C13H19N3O3/c1-14-11(6-12(18)15(2)13(14)19)8-16-5-3-4-10(7-16)9-17/h6,9-10H,3-5,7-8H2,1-2H3. The monoisotopic (exact) mass is 265 g/mol.